The Labute approximate surface area is 93.9 Å². The van der Waals surface area contributed by atoms with Crippen LogP contribution in [0.2, 0.25) is 0 Å². The van der Waals surface area contributed by atoms with Crippen LogP contribution in [-0.2, 0) is 0 Å². The highest BCUT2D eigenvalue weighted by Gasteiger charge is 2.34. The Kier molecular flexibility index (Phi) is 2.28. The molecule has 3 heteroatoms. The van der Waals surface area contributed by atoms with Crippen molar-refractivity contribution in [2.75, 3.05) is 11.4 Å². The molecule has 0 aliphatic heterocycles. The lowest BCUT2D eigenvalue weighted by Gasteiger charge is -2.23. The van der Waals surface area contributed by atoms with Crippen LogP contribution in [0.25, 0.3) is 0 Å². The highest BCUT2D eigenvalue weighted by Crippen LogP contribution is 2.38. The first-order chi connectivity index (χ1) is 7.36. The average Bonchev–Trinajstić information content (AvgIpc) is 3.14. The summed E-state index contributed by atoms with van der Waals surface area (Å²) in [5.41, 5.74) is 1.27. The van der Waals surface area contributed by atoms with E-state index in [1.165, 1.54) is 37.9 Å². The van der Waals surface area contributed by atoms with Crippen LogP contribution in [0, 0.1) is 5.92 Å². The van der Waals surface area contributed by atoms with E-state index in [4.69, 9.17) is 0 Å². The van der Waals surface area contributed by atoms with Gasteiger partial charge < -0.3 is 4.90 Å². The third kappa shape index (κ3) is 2.07. The third-order valence-corrected chi connectivity index (χ3v) is 4.04. The topological polar surface area (TPSA) is 20.3 Å². The van der Waals surface area contributed by atoms with Gasteiger partial charge in [-0.1, -0.05) is 0 Å². The van der Waals surface area contributed by atoms with Crippen LogP contribution >= 0.6 is 11.3 Å². The van der Waals surface area contributed by atoms with Crippen molar-refractivity contribution in [3.05, 3.63) is 16.3 Å². The second-order valence-electron chi connectivity index (χ2n) is 4.65. The molecule has 0 bridgehead atoms. The number of thiophene rings is 1. The van der Waals surface area contributed by atoms with Gasteiger partial charge in [-0.15, -0.1) is 11.3 Å². The molecule has 15 heavy (non-hydrogen) atoms. The van der Waals surface area contributed by atoms with Crippen LogP contribution in [0.15, 0.2) is 11.4 Å². The molecule has 0 saturated heterocycles. The monoisotopic (exact) mass is 221 g/mol. The van der Waals surface area contributed by atoms with Crippen LogP contribution in [0.5, 0.6) is 0 Å². The smallest absolute Gasteiger partial charge is 0.160 e. The van der Waals surface area contributed by atoms with E-state index in [0.29, 0.717) is 0 Å². The molecule has 0 aromatic carbocycles. The Balaban J connectivity index is 1.76. The second-order valence-corrected chi connectivity index (χ2v) is 5.59. The first-order valence-electron chi connectivity index (χ1n) is 5.67. The molecule has 1 heterocycles. The van der Waals surface area contributed by atoms with E-state index in [1.54, 1.807) is 11.3 Å². The summed E-state index contributed by atoms with van der Waals surface area (Å²) in [4.78, 5) is 14.0. The minimum Gasteiger partial charge on any atom is -0.368 e. The molecular formula is C12H15NOS. The van der Waals surface area contributed by atoms with Crippen molar-refractivity contribution in [1.29, 1.82) is 0 Å². The van der Waals surface area contributed by atoms with Crippen molar-refractivity contribution >= 4 is 23.3 Å². The van der Waals surface area contributed by atoms with E-state index in [9.17, 15) is 4.79 Å². The summed E-state index contributed by atoms with van der Waals surface area (Å²) in [5.74, 6) is 0.921. The van der Waals surface area contributed by atoms with Gasteiger partial charge in [-0.25, -0.2) is 0 Å². The maximum atomic E-state index is 10.7. The Morgan fingerprint density at radius 2 is 2.20 bits per heavy atom. The van der Waals surface area contributed by atoms with Gasteiger partial charge in [-0.3, -0.25) is 4.79 Å². The van der Waals surface area contributed by atoms with E-state index in [2.05, 4.69) is 10.3 Å². The number of hydrogen-bond donors (Lipinski definition) is 0. The van der Waals surface area contributed by atoms with E-state index >= 15 is 0 Å². The number of anilines is 1. The van der Waals surface area contributed by atoms with Crippen molar-refractivity contribution in [2.24, 2.45) is 5.92 Å². The maximum Gasteiger partial charge on any atom is 0.160 e. The minimum atomic E-state index is 0.764. The quantitative estimate of drug-likeness (QED) is 0.712. The van der Waals surface area contributed by atoms with Gasteiger partial charge in [0, 0.05) is 23.7 Å². The van der Waals surface area contributed by atoms with E-state index in [1.807, 2.05) is 6.07 Å². The predicted molar refractivity (Wildman–Crippen MR) is 62.8 cm³/mol. The number of aldehydes is 1. The van der Waals surface area contributed by atoms with E-state index in [-0.39, 0.29) is 0 Å². The summed E-state index contributed by atoms with van der Waals surface area (Å²) in [6.45, 7) is 1.21. The minimum absolute atomic E-state index is 0.764. The summed E-state index contributed by atoms with van der Waals surface area (Å²) in [6.07, 6.45) is 6.41. The van der Waals surface area contributed by atoms with Crippen LogP contribution in [0.4, 0.5) is 5.69 Å². The summed E-state index contributed by atoms with van der Waals surface area (Å²) in [5, 5.41) is 2.13. The fourth-order valence-corrected chi connectivity index (χ4v) is 2.69. The van der Waals surface area contributed by atoms with E-state index < -0.39 is 0 Å². The lowest BCUT2D eigenvalue weighted by molar-refractivity contribution is 0.112. The molecule has 2 aliphatic rings. The van der Waals surface area contributed by atoms with Crippen LogP contribution in [0.1, 0.15) is 35.4 Å². The molecule has 1 aromatic rings. The predicted octanol–water partition coefficient (Wildman–Crippen LogP) is 2.94. The van der Waals surface area contributed by atoms with Crippen LogP contribution < -0.4 is 4.90 Å². The largest absolute Gasteiger partial charge is 0.368 e. The molecule has 0 N–H and O–H groups in total. The van der Waals surface area contributed by atoms with Gasteiger partial charge in [0.05, 0.1) is 4.88 Å². The van der Waals surface area contributed by atoms with Gasteiger partial charge in [0.15, 0.2) is 6.29 Å². The molecule has 3 rings (SSSR count). The zero-order valence-electron chi connectivity index (χ0n) is 8.69. The molecule has 0 amide bonds. The number of carbonyl (C=O) groups excluding carboxylic acids is 1. The standard InChI is InChI=1S/C12H15NOS/c14-7-12-5-11(8-15-12)13(10-3-4-10)6-9-1-2-9/h5,7-10H,1-4,6H2. The summed E-state index contributed by atoms with van der Waals surface area (Å²) in [7, 11) is 0. The zero-order chi connectivity index (χ0) is 10.3. The molecule has 1 aromatic heterocycles. The van der Waals surface area contributed by atoms with Crippen molar-refractivity contribution in [3.63, 3.8) is 0 Å². The Morgan fingerprint density at radius 3 is 2.73 bits per heavy atom. The molecule has 0 radical (unpaired) electrons. The molecule has 2 saturated carbocycles. The molecular weight excluding hydrogens is 206 g/mol. The highest BCUT2D eigenvalue weighted by molar-refractivity contribution is 7.12. The Morgan fingerprint density at radius 1 is 1.40 bits per heavy atom. The summed E-state index contributed by atoms with van der Waals surface area (Å²) >= 11 is 1.56. The first-order valence-corrected chi connectivity index (χ1v) is 6.55. The van der Waals surface area contributed by atoms with Gasteiger partial charge in [-0.2, -0.15) is 0 Å². The van der Waals surface area contributed by atoms with E-state index in [0.717, 1.165) is 23.1 Å². The highest BCUT2D eigenvalue weighted by atomic mass is 32.1. The zero-order valence-corrected chi connectivity index (χ0v) is 9.50. The first kappa shape index (κ1) is 9.40. The lowest BCUT2D eigenvalue weighted by atomic mass is 10.3. The molecule has 80 valence electrons. The van der Waals surface area contributed by atoms with Gasteiger partial charge in [-0.05, 0) is 37.7 Å². The van der Waals surface area contributed by atoms with Gasteiger partial charge in [0.25, 0.3) is 0 Å². The van der Waals surface area contributed by atoms with Gasteiger partial charge in [0.1, 0.15) is 0 Å². The van der Waals surface area contributed by atoms with Crippen molar-refractivity contribution in [3.8, 4) is 0 Å². The third-order valence-electron chi connectivity index (χ3n) is 3.19. The number of nitrogens with zero attached hydrogens (tertiary/aromatic N) is 1. The fraction of sp³-hybridized carbons (Fsp3) is 0.583. The Bertz CT molecular complexity index is 365. The average molecular weight is 221 g/mol. The lowest BCUT2D eigenvalue weighted by Crippen LogP contribution is -2.27. The van der Waals surface area contributed by atoms with Crippen molar-refractivity contribution in [1.82, 2.24) is 0 Å². The fourth-order valence-electron chi connectivity index (χ4n) is 1.98. The van der Waals surface area contributed by atoms with Crippen LogP contribution in [0.3, 0.4) is 0 Å². The summed E-state index contributed by atoms with van der Waals surface area (Å²) < 4.78 is 0. The Hall–Kier alpha value is -0.830. The van der Waals surface area contributed by atoms with Gasteiger partial charge in [0.2, 0.25) is 0 Å². The van der Waals surface area contributed by atoms with Crippen molar-refractivity contribution in [2.45, 2.75) is 31.7 Å². The molecule has 2 aliphatic carbocycles. The van der Waals surface area contributed by atoms with Crippen molar-refractivity contribution < 1.29 is 4.79 Å². The molecule has 2 fully saturated rings. The summed E-state index contributed by atoms with van der Waals surface area (Å²) in [6, 6.07) is 2.80. The number of rotatable bonds is 5. The maximum absolute atomic E-state index is 10.7. The van der Waals surface area contributed by atoms with Gasteiger partial charge >= 0.3 is 0 Å². The molecule has 2 nitrogen and oxygen atoms in total. The molecule has 0 atom stereocenters. The molecule has 0 spiro atoms. The second kappa shape index (κ2) is 3.63. The number of hydrogen-bond acceptors (Lipinski definition) is 3. The van der Waals surface area contributed by atoms with Crippen LogP contribution in [-0.4, -0.2) is 18.9 Å². The normalized spacial score (nSPS) is 20.3. The SMILES string of the molecule is O=Cc1cc(N(CC2CC2)C2CC2)cs1. The molecule has 0 unspecified atom stereocenters. The number of carbonyl (C=O) groups is 1.